The molecule has 0 aliphatic carbocycles. The summed E-state index contributed by atoms with van der Waals surface area (Å²) in [5.41, 5.74) is 2.97. The van der Waals surface area contributed by atoms with Gasteiger partial charge in [-0.15, -0.1) is 0 Å². The summed E-state index contributed by atoms with van der Waals surface area (Å²) in [6.07, 6.45) is 0.372. The smallest absolute Gasteiger partial charge is 0.318 e. The topological polar surface area (TPSA) is 90.5 Å². The molecule has 0 radical (unpaired) electrons. The van der Waals surface area contributed by atoms with Crippen molar-refractivity contribution >= 4 is 17.8 Å². The summed E-state index contributed by atoms with van der Waals surface area (Å²) in [5, 5.41) is 6.59. The van der Waals surface area contributed by atoms with Crippen LogP contribution in [0.1, 0.15) is 37.4 Å². The van der Waals surface area contributed by atoms with Crippen molar-refractivity contribution in [2.45, 2.75) is 31.8 Å². The van der Waals surface area contributed by atoms with E-state index in [1.807, 2.05) is 62.4 Å². The maximum absolute atomic E-state index is 13.0. The van der Waals surface area contributed by atoms with Gasteiger partial charge in [-0.3, -0.25) is 15.0 Å². The fourth-order valence-corrected chi connectivity index (χ4v) is 3.31. The Labute approximate surface area is 164 Å². The molecule has 0 saturated carbocycles. The summed E-state index contributed by atoms with van der Waals surface area (Å²) >= 11 is 0. The van der Waals surface area contributed by atoms with Crippen LogP contribution in [0.2, 0.25) is 0 Å². The largest absolute Gasteiger partial charge is 0.344 e. The number of carbonyl (C=O) groups excluding carboxylic acids is 3. The summed E-state index contributed by atoms with van der Waals surface area (Å²) in [7, 11) is 0. The second-order valence-electron chi connectivity index (χ2n) is 6.74. The lowest BCUT2D eigenvalue weighted by Crippen LogP contribution is -2.50. The van der Waals surface area contributed by atoms with E-state index >= 15 is 0 Å². The van der Waals surface area contributed by atoms with E-state index in [1.165, 1.54) is 0 Å². The van der Waals surface area contributed by atoms with Gasteiger partial charge in [-0.1, -0.05) is 67.6 Å². The Bertz CT molecular complexity index is 856. The number of imide groups is 1. The Morgan fingerprint density at radius 2 is 1.68 bits per heavy atom. The molecule has 0 aromatic heterocycles. The van der Waals surface area contributed by atoms with Gasteiger partial charge in [-0.05, 0) is 24.5 Å². The van der Waals surface area contributed by atoms with Crippen molar-refractivity contribution in [3.05, 3.63) is 71.8 Å². The first-order valence-corrected chi connectivity index (χ1v) is 9.28. The van der Waals surface area contributed by atoms with E-state index in [0.717, 1.165) is 10.6 Å². The highest BCUT2D eigenvalue weighted by atomic mass is 16.2. The summed E-state index contributed by atoms with van der Waals surface area (Å²) in [6.45, 7) is 3.73. The molecule has 7 nitrogen and oxygen atoms in total. The molecule has 1 fully saturated rings. The molecule has 7 heteroatoms. The number of hydrazine groups is 1. The van der Waals surface area contributed by atoms with Crippen molar-refractivity contribution in [3.63, 3.8) is 0 Å². The van der Waals surface area contributed by atoms with E-state index in [4.69, 9.17) is 0 Å². The molecule has 4 amide bonds. The van der Waals surface area contributed by atoms with Gasteiger partial charge in [-0.2, -0.15) is 5.01 Å². The van der Waals surface area contributed by atoms with Crippen molar-refractivity contribution in [2.24, 2.45) is 0 Å². The molecule has 3 rings (SSSR count). The molecule has 1 aliphatic rings. The van der Waals surface area contributed by atoms with Gasteiger partial charge in [0.15, 0.2) is 0 Å². The third kappa shape index (κ3) is 3.75. The van der Waals surface area contributed by atoms with Crippen LogP contribution in [0.5, 0.6) is 0 Å². The predicted molar refractivity (Wildman–Crippen MR) is 105 cm³/mol. The van der Waals surface area contributed by atoms with E-state index < -0.39 is 23.4 Å². The number of hydrogen-bond donors (Lipinski definition) is 3. The normalized spacial score (nSPS) is 20.0. The molecule has 3 N–H and O–H groups in total. The van der Waals surface area contributed by atoms with E-state index in [2.05, 4.69) is 16.1 Å². The summed E-state index contributed by atoms with van der Waals surface area (Å²) in [5.74, 6) is -0.957. The number of carbonyl (C=O) groups is 3. The molecule has 1 aliphatic heterocycles. The number of hydrogen-bond acceptors (Lipinski definition) is 4. The number of nitrogens with one attached hydrogen (secondary N) is 3. The highest BCUT2D eigenvalue weighted by Crippen LogP contribution is 2.31. The Morgan fingerprint density at radius 1 is 1.07 bits per heavy atom. The van der Waals surface area contributed by atoms with Crippen LogP contribution in [0.15, 0.2) is 60.7 Å². The monoisotopic (exact) mass is 380 g/mol. The SMILES string of the molecule is CC[C@]1(c2ccccc2)NC(=O)N(NC(=O)CN[C@H](C)c2ccccc2)C1=O. The highest BCUT2D eigenvalue weighted by molar-refractivity contribution is 6.08. The fraction of sp³-hybridized carbons (Fsp3) is 0.286. The minimum Gasteiger partial charge on any atom is -0.318 e. The minimum atomic E-state index is -1.17. The van der Waals surface area contributed by atoms with Crippen molar-refractivity contribution in [3.8, 4) is 0 Å². The molecule has 146 valence electrons. The Kier molecular flexibility index (Phi) is 5.75. The summed E-state index contributed by atoms with van der Waals surface area (Å²) in [6, 6.07) is 18.0. The molecule has 0 bridgehead atoms. The minimum absolute atomic E-state index is 0.0302. The molecule has 1 saturated heterocycles. The second kappa shape index (κ2) is 8.22. The Morgan fingerprint density at radius 3 is 2.29 bits per heavy atom. The van der Waals surface area contributed by atoms with Gasteiger partial charge < -0.3 is 10.6 Å². The third-order valence-electron chi connectivity index (χ3n) is 4.99. The Hall–Kier alpha value is -3.19. The van der Waals surface area contributed by atoms with Gasteiger partial charge in [0, 0.05) is 6.04 Å². The standard InChI is InChI=1S/C21H24N4O3/c1-3-21(17-12-8-5-9-13-17)19(27)25(20(28)23-21)24-18(26)14-22-15(2)16-10-6-4-7-11-16/h4-13,15,22H,3,14H2,1-2H3,(H,23,28)(H,24,26)/t15-,21-/m1/s1. The predicted octanol–water partition coefficient (Wildman–Crippen LogP) is 2.23. The molecule has 28 heavy (non-hydrogen) atoms. The van der Waals surface area contributed by atoms with Gasteiger partial charge in [0.25, 0.3) is 11.8 Å². The van der Waals surface area contributed by atoms with Crippen LogP contribution in [0.3, 0.4) is 0 Å². The first kappa shape index (κ1) is 19.6. The Balaban J connectivity index is 1.65. The molecule has 2 aromatic rings. The van der Waals surface area contributed by atoms with E-state index in [9.17, 15) is 14.4 Å². The number of rotatable bonds is 7. The molecular weight excluding hydrogens is 356 g/mol. The van der Waals surface area contributed by atoms with Gasteiger partial charge in [0.1, 0.15) is 5.54 Å². The fourth-order valence-electron chi connectivity index (χ4n) is 3.31. The maximum atomic E-state index is 13.0. The van der Waals surface area contributed by atoms with Crippen molar-refractivity contribution in [1.29, 1.82) is 0 Å². The lowest BCUT2D eigenvalue weighted by Gasteiger charge is -2.25. The van der Waals surface area contributed by atoms with E-state index in [-0.39, 0.29) is 12.6 Å². The van der Waals surface area contributed by atoms with Crippen LogP contribution in [-0.4, -0.2) is 29.4 Å². The van der Waals surface area contributed by atoms with Crippen LogP contribution in [-0.2, 0) is 15.1 Å². The first-order valence-electron chi connectivity index (χ1n) is 9.28. The quantitative estimate of drug-likeness (QED) is 0.643. The van der Waals surface area contributed by atoms with E-state index in [1.54, 1.807) is 12.1 Å². The zero-order valence-corrected chi connectivity index (χ0v) is 15.9. The zero-order valence-electron chi connectivity index (χ0n) is 15.9. The van der Waals surface area contributed by atoms with Crippen molar-refractivity contribution in [1.82, 2.24) is 21.1 Å². The van der Waals surface area contributed by atoms with Crippen LogP contribution in [0, 0.1) is 0 Å². The number of urea groups is 1. The van der Waals surface area contributed by atoms with Gasteiger partial charge in [-0.25, -0.2) is 4.79 Å². The average Bonchev–Trinajstić information content (AvgIpc) is 2.98. The molecule has 2 atom stereocenters. The third-order valence-corrected chi connectivity index (χ3v) is 4.99. The molecule has 0 unspecified atom stereocenters. The van der Waals surface area contributed by atoms with Crippen LogP contribution in [0.4, 0.5) is 4.79 Å². The molecule has 2 aromatic carbocycles. The molecule has 1 heterocycles. The second-order valence-corrected chi connectivity index (χ2v) is 6.74. The highest BCUT2D eigenvalue weighted by Gasteiger charge is 2.52. The maximum Gasteiger partial charge on any atom is 0.344 e. The first-order chi connectivity index (χ1) is 13.5. The number of benzene rings is 2. The lowest BCUT2D eigenvalue weighted by molar-refractivity contribution is -0.139. The van der Waals surface area contributed by atoms with Gasteiger partial charge in [0.05, 0.1) is 6.54 Å². The number of amides is 4. The van der Waals surface area contributed by atoms with E-state index in [0.29, 0.717) is 12.0 Å². The van der Waals surface area contributed by atoms with Gasteiger partial charge in [0.2, 0.25) is 0 Å². The van der Waals surface area contributed by atoms with Gasteiger partial charge >= 0.3 is 6.03 Å². The van der Waals surface area contributed by atoms with Crippen LogP contribution in [0.25, 0.3) is 0 Å². The molecular formula is C21H24N4O3. The van der Waals surface area contributed by atoms with Crippen molar-refractivity contribution < 1.29 is 14.4 Å². The van der Waals surface area contributed by atoms with Crippen LogP contribution >= 0.6 is 0 Å². The summed E-state index contributed by atoms with van der Waals surface area (Å²) < 4.78 is 0. The van der Waals surface area contributed by atoms with Crippen LogP contribution < -0.4 is 16.1 Å². The number of nitrogens with zero attached hydrogens (tertiary/aromatic N) is 1. The zero-order chi connectivity index (χ0) is 20.1. The van der Waals surface area contributed by atoms with Crippen molar-refractivity contribution in [2.75, 3.05) is 6.54 Å². The lowest BCUT2D eigenvalue weighted by atomic mass is 9.87. The summed E-state index contributed by atoms with van der Waals surface area (Å²) in [4.78, 5) is 37.7. The molecule has 0 spiro atoms. The average molecular weight is 380 g/mol.